The van der Waals surface area contributed by atoms with Gasteiger partial charge in [0, 0.05) is 11.9 Å². The molecule has 0 bridgehead atoms. The van der Waals surface area contributed by atoms with Crippen molar-refractivity contribution in [1.29, 1.82) is 0 Å². The molecule has 1 saturated heterocycles. The normalized spacial score (nSPS) is 21.0. The van der Waals surface area contributed by atoms with E-state index in [1.165, 1.54) is 12.8 Å². The van der Waals surface area contributed by atoms with Crippen LogP contribution < -0.4 is 5.32 Å². The minimum Gasteiger partial charge on any atom is -0.345 e. The maximum atomic E-state index is 4.28. The molecule has 1 unspecified atom stereocenters. The Hall–Kier alpha value is -0.830. The minimum absolute atomic E-state index is 0.476. The number of aryl methyl sites for hydroxylation is 1. The second-order valence-electron chi connectivity index (χ2n) is 3.10. The zero-order valence-electron chi connectivity index (χ0n) is 8.72. The Morgan fingerprint density at radius 2 is 2.23 bits per heavy atom. The number of hydrogen-bond donors (Lipinski definition) is 2. The highest BCUT2D eigenvalue weighted by atomic mass is 15.0. The van der Waals surface area contributed by atoms with Crippen molar-refractivity contribution in [2.24, 2.45) is 0 Å². The molecule has 1 aromatic rings. The predicted octanol–water partition coefficient (Wildman–Crippen LogP) is 2.17. The van der Waals surface area contributed by atoms with E-state index in [0.717, 1.165) is 18.1 Å². The Balaban J connectivity index is 0.000000396. The van der Waals surface area contributed by atoms with Crippen molar-refractivity contribution in [3.05, 3.63) is 17.7 Å². The third-order valence-electron chi connectivity index (χ3n) is 2.11. The molecule has 2 heterocycles. The number of aromatic amines is 1. The lowest BCUT2D eigenvalue weighted by molar-refractivity contribution is 0.612. The van der Waals surface area contributed by atoms with Crippen LogP contribution in [0.15, 0.2) is 6.20 Å². The standard InChI is InChI=1S/C8H13N3.C2H6/c1-6-5-10-8(11-6)7-3-2-4-9-7;1-2/h5,7,9H,2-4H2,1H3,(H,10,11);1-2H3. The molecule has 0 saturated carbocycles. The molecule has 0 amide bonds. The van der Waals surface area contributed by atoms with E-state index < -0.39 is 0 Å². The Labute approximate surface area is 80.0 Å². The first-order chi connectivity index (χ1) is 6.36. The van der Waals surface area contributed by atoms with Crippen LogP contribution in [0, 0.1) is 6.92 Å². The maximum absolute atomic E-state index is 4.28. The van der Waals surface area contributed by atoms with Crippen LogP contribution in [0.1, 0.15) is 44.2 Å². The van der Waals surface area contributed by atoms with Crippen LogP contribution in [0.2, 0.25) is 0 Å². The summed E-state index contributed by atoms with van der Waals surface area (Å²) in [5.41, 5.74) is 1.15. The van der Waals surface area contributed by atoms with Gasteiger partial charge in [-0.2, -0.15) is 0 Å². The van der Waals surface area contributed by atoms with Gasteiger partial charge in [-0.15, -0.1) is 0 Å². The molecule has 0 aliphatic carbocycles. The Morgan fingerprint density at radius 1 is 1.46 bits per heavy atom. The van der Waals surface area contributed by atoms with Crippen LogP contribution in [0.5, 0.6) is 0 Å². The SMILES string of the molecule is CC.Cc1cnc(C2CCCN2)[nH]1. The molecule has 13 heavy (non-hydrogen) atoms. The summed E-state index contributed by atoms with van der Waals surface area (Å²) in [7, 11) is 0. The van der Waals surface area contributed by atoms with Crippen molar-refractivity contribution in [2.45, 2.75) is 39.7 Å². The number of rotatable bonds is 1. The van der Waals surface area contributed by atoms with Gasteiger partial charge in [0.25, 0.3) is 0 Å². The summed E-state index contributed by atoms with van der Waals surface area (Å²) in [6.07, 6.45) is 4.37. The van der Waals surface area contributed by atoms with E-state index in [1.54, 1.807) is 0 Å². The lowest BCUT2D eigenvalue weighted by Crippen LogP contribution is -2.14. The average molecular weight is 181 g/mol. The molecule has 2 N–H and O–H groups in total. The van der Waals surface area contributed by atoms with Gasteiger partial charge in [0.2, 0.25) is 0 Å². The molecule has 0 radical (unpaired) electrons. The van der Waals surface area contributed by atoms with Crippen molar-refractivity contribution >= 4 is 0 Å². The molecule has 2 rings (SSSR count). The summed E-state index contributed by atoms with van der Waals surface area (Å²) in [4.78, 5) is 7.52. The van der Waals surface area contributed by atoms with Gasteiger partial charge in [0.15, 0.2) is 0 Å². The molecule has 3 heteroatoms. The van der Waals surface area contributed by atoms with Crippen molar-refractivity contribution < 1.29 is 0 Å². The van der Waals surface area contributed by atoms with Gasteiger partial charge in [-0.3, -0.25) is 0 Å². The highest BCUT2D eigenvalue weighted by Crippen LogP contribution is 2.19. The summed E-state index contributed by atoms with van der Waals surface area (Å²) in [6, 6.07) is 0.476. The van der Waals surface area contributed by atoms with Crippen LogP contribution in [0.3, 0.4) is 0 Å². The third kappa shape index (κ3) is 2.56. The maximum Gasteiger partial charge on any atom is 0.123 e. The molecule has 0 aromatic carbocycles. The molecule has 3 nitrogen and oxygen atoms in total. The summed E-state index contributed by atoms with van der Waals surface area (Å²) in [5, 5.41) is 3.39. The number of imidazole rings is 1. The van der Waals surface area contributed by atoms with E-state index in [9.17, 15) is 0 Å². The summed E-state index contributed by atoms with van der Waals surface area (Å²) in [6.45, 7) is 7.16. The van der Waals surface area contributed by atoms with Crippen molar-refractivity contribution in [1.82, 2.24) is 15.3 Å². The number of nitrogens with zero attached hydrogens (tertiary/aromatic N) is 1. The monoisotopic (exact) mass is 181 g/mol. The zero-order chi connectivity index (χ0) is 9.68. The van der Waals surface area contributed by atoms with E-state index in [2.05, 4.69) is 15.3 Å². The van der Waals surface area contributed by atoms with Crippen molar-refractivity contribution in [2.75, 3.05) is 6.54 Å². The highest BCUT2D eigenvalue weighted by Gasteiger charge is 2.17. The third-order valence-corrected chi connectivity index (χ3v) is 2.11. The molecule has 74 valence electrons. The lowest BCUT2D eigenvalue weighted by Gasteiger charge is -2.04. The Morgan fingerprint density at radius 3 is 2.69 bits per heavy atom. The predicted molar refractivity (Wildman–Crippen MR) is 54.7 cm³/mol. The van der Waals surface area contributed by atoms with E-state index in [-0.39, 0.29) is 0 Å². The fourth-order valence-electron chi connectivity index (χ4n) is 1.53. The van der Waals surface area contributed by atoms with Gasteiger partial charge in [-0.1, -0.05) is 13.8 Å². The van der Waals surface area contributed by atoms with Gasteiger partial charge in [0.05, 0.1) is 6.04 Å². The average Bonchev–Trinajstić information content (AvgIpc) is 2.77. The van der Waals surface area contributed by atoms with E-state index in [0.29, 0.717) is 6.04 Å². The minimum atomic E-state index is 0.476. The molecule has 1 aliphatic heterocycles. The van der Waals surface area contributed by atoms with Gasteiger partial charge in [0.1, 0.15) is 5.82 Å². The highest BCUT2D eigenvalue weighted by molar-refractivity contribution is 5.04. The first-order valence-corrected chi connectivity index (χ1v) is 5.11. The number of H-pyrrole nitrogens is 1. The molecule has 0 spiro atoms. The van der Waals surface area contributed by atoms with Crippen LogP contribution in [0.25, 0.3) is 0 Å². The van der Waals surface area contributed by atoms with Gasteiger partial charge in [-0.05, 0) is 26.3 Å². The molecular formula is C10H19N3. The van der Waals surface area contributed by atoms with Crippen LogP contribution in [-0.4, -0.2) is 16.5 Å². The molecule has 1 atom stereocenters. The van der Waals surface area contributed by atoms with Crippen molar-refractivity contribution in [3.63, 3.8) is 0 Å². The Bertz CT molecular complexity index is 236. The van der Waals surface area contributed by atoms with Crippen LogP contribution >= 0.6 is 0 Å². The van der Waals surface area contributed by atoms with Crippen LogP contribution in [-0.2, 0) is 0 Å². The fourth-order valence-corrected chi connectivity index (χ4v) is 1.53. The first-order valence-electron chi connectivity index (χ1n) is 5.11. The van der Waals surface area contributed by atoms with Gasteiger partial charge < -0.3 is 10.3 Å². The quantitative estimate of drug-likeness (QED) is 0.697. The number of hydrogen-bond acceptors (Lipinski definition) is 2. The second kappa shape index (κ2) is 5.02. The van der Waals surface area contributed by atoms with E-state index in [4.69, 9.17) is 0 Å². The molecule has 1 fully saturated rings. The summed E-state index contributed by atoms with van der Waals surface area (Å²) >= 11 is 0. The second-order valence-corrected chi connectivity index (χ2v) is 3.10. The zero-order valence-corrected chi connectivity index (χ0v) is 8.72. The molecule has 1 aliphatic rings. The number of nitrogens with one attached hydrogen (secondary N) is 2. The largest absolute Gasteiger partial charge is 0.345 e. The summed E-state index contributed by atoms with van der Waals surface area (Å²) < 4.78 is 0. The first kappa shape index (κ1) is 10.3. The Kier molecular flexibility index (Phi) is 3.96. The smallest absolute Gasteiger partial charge is 0.123 e. The van der Waals surface area contributed by atoms with E-state index >= 15 is 0 Å². The fraction of sp³-hybridized carbons (Fsp3) is 0.700. The molecule has 1 aromatic heterocycles. The van der Waals surface area contributed by atoms with Crippen LogP contribution in [0.4, 0.5) is 0 Å². The topological polar surface area (TPSA) is 40.7 Å². The molecular weight excluding hydrogens is 162 g/mol. The van der Waals surface area contributed by atoms with Gasteiger partial charge in [-0.25, -0.2) is 4.98 Å². The lowest BCUT2D eigenvalue weighted by atomic mass is 10.2. The van der Waals surface area contributed by atoms with E-state index in [1.807, 2.05) is 27.0 Å². The number of aromatic nitrogens is 2. The van der Waals surface area contributed by atoms with Gasteiger partial charge >= 0.3 is 0 Å². The summed E-state index contributed by atoms with van der Waals surface area (Å²) in [5.74, 6) is 1.10. The van der Waals surface area contributed by atoms with Crippen molar-refractivity contribution in [3.8, 4) is 0 Å².